The van der Waals surface area contributed by atoms with Gasteiger partial charge in [0, 0.05) is 17.3 Å². The maximum atomic E-state index is 9.12. The van der Waals surface area contributed by atoms with Gasteiger partial charge in [-0.25, -0.2) is 0 Å². The summed E-state index contributed by atoms with van der Waals surface area (Å²) in [4.78, 5) is 0. The van der Waals surface area contributed by atoms with Gasteiger partial charge in [0.15, 0.2) is 0 Å². The molecule has 1 aliphatic carbocycles. The van der Waals surface area contributed by atoms with E-state index in [4.69, 9.17) is 9.84 Å². The van der Waals surface area contributed by atoms with E-state index in [0.29, 0.717) is 0 Å². The van der Waals surface area contributed by atoms with Crippen LogP contribution in [0.3, 0.4) is 0 Å². The van der Waals surface area contributed by atoms with Crippen molar-refractivity contribution in [2.75, 3.05) is 0 Å². The van der Waals surface area contributed by atoms with E-state index >= 15 is 0 Å². The van der Waals surface area contributed by atoms with Crippen molar-refractivity contribution in [3.63, 3.8) is 0 Å². The van der Waals surface area contributed by atoms with Crippen LogP contribution in [0.15, 0.2) is 22.7 Å². The molecule has 1 N–H and O–H groups in total. The van der Waals surface area contributed by atoms with E-state index in [9.17, 15) is 0 Å². The van der Waals surface area contributed by atoms with Gasteiger partial charge in [-0.15, -0.1) is 0 Å². The van der Waals surface area contributed by atoms with E-state index < -0.39 is 0 Å². The highest BCUT2D eigenvalue weighted by atomic mass is 79.9. The van der Waals surface area contributed by atoms with Crippen LogP contribution in [0.25, 0.3) is 0 Å². The van der Waals surface area contributed by atoms with Gasteiger partial charge in [0.05, 0.1) is 6.10 Å². The molecule has 0 spiro atoms. The third-order valence-corrected chi connectivity index (χ3v) is 2.99. The Labute approximate surface area is 92.0 Å². The number of halogens is 1. The Kier molecular flexibility index (Phi) is 2.79. The number of ether oxygens (including phenoxy) is 1. The molecule has 0 aromatic heterocycles. The van der Waals surface area contributed by atoms with Crippen molar-refractivity contribution < 1.29 is 9.84 Å². The molecule has 0 unspecified atom stereocenters. The molecule has 1 aromatic rings. The van der Waals surface area contributed by atoms with E-state index in [0.717, 1.165) is 28.6 Å². The third kappa shape index (κ3) is 2.10. The van der Waals surface area contributed by atoms with Crippen molar-refractivity contribution in [1.29, 1.82) is 0 Å². The van der Waals surface area contributed by atoms with Crippen molar-refractivity contribution in [3.8, 4) is 5.75 Å². The highest BCUT2D eigenvalue weighted by molar-refractivity contribution is 9.10. The molecule has 2 nitrogen and oxygen atoms in total. The van der Waals surface area contributed by atoms with Gasteiger partial charge < -0.3 is 9.84 Å². The number of benzene rings is 1. The van der Waals surface area contributed by atoms with E-state index in [-0.39, 0.29) is 12.2 Å². The van der Waals surface area contributed by atoms with Gasteiger partial charge >= 0.3 is 0 Å². The monoisotopic (exact) mass is 256 g/mol. The molecular formula is C11H13BrO2. The Balaban J connectivity index is 2.02. The second-order valence-corrected chi connectivity index (χ2v) is 4.69. The summed E-state index contributed by atoms with van der Waals surface area (Å²) < 4.78 is 6.79. The number of aliphatic hydroxyl groups is 1. The number of aliphatic hydroxyl groups excluding tert-OH is 1. The maximum absolute atomic E-state index is 9.12. The summed E-state index contributed by atoms with van der Waals surface area (Å²) in [5, 5.41) is 9.12. The molecule has 1 aliphatic rings. The first-order valence-electron chi connectivity index (χ1n) is 4.76. The first kappa shape index (κ1) is 9.99. The van der Waals surface area contributed by atoms with Crippen LogP contribution in [0.2, 0.25) is 0 Å². The predicted octanol–water partition coefficient (Wildman–Crippen LogP) is 2.66. The smallest absolute Gasteiger partial charge is 0.122 e. The zero-order valence-electron chi connectivity index (χ0n) is 8.03. The zero-order valence-corrected chi connectivity index (χ0v) is 9.62. The van der Waals surface area contributed by atoms with Crippen molar-refractivity contribution in [1.82, 2.24) is 0 Å². The molecule has 0 bridgehead atoms. The van der Waals surface area contributed by atoms with Gasteiger partial charge in [-0.3, -0.25) is 0 Å². The Hall–Kier alpha value is -0.540. The fourth-order valence-electron chi connectivity index (χ4n) is 1.56. The second-order valence-electron chi connectivity index (χ2n) is 3.77. The molecule has 0 saturated heterocycles. The van der Waals surface area contributed by atoms with Crippen molar-refractivity contribution in [2.45, 2.75) is 32.0 Å². The van der Waals surface area contributed by atoms with E-state index in [2.05, 4.69) is 15.9 Å². The lowest BCUT2D eigenvalue weighted by atomic mass is 9.92. The summed E-state index contributed by atoms with van der Waals surface area (Å²) in [6.07, 6.45) is 1.56. The average molecular weight is 257 g/mol. The molecule has 0 aliphatic heterocycles. The number of hydrogen-bond donors (Lipinski definition) is 1. The zero-order chi connectivity index (χ0) is 10.1. The summed E-state index contributed by atoms with van der Waals surface area (Å²) in [7, 11) is 0. The van der Waals surface area contributed by atoms with Gasteiger partial charge in [-0.2, -0.15) is 0 Å². The van der Waals surface area contributed by atoms with Crippen LogP contribution in [0.4, 0.5) is 0 Å². The molecule has 0 radical (unpaired) electrons. The van der Waals surface area contributed by atoms with Crippen molar-refractivity contribution >= 4 is 15.9 Å². The number of rotatable bonds is 2. The lowest BCUT2D eigenvalue weighted by Gasteiger charge is -2.32. The molecule has 3 heteroatoms. The highest BCUT2D eigenvalue weighted by Crippen LogP contribution is 2.29. The SMILES string of the molecule is Cc1cc(Br)ccc1OC1CC(O)C1. The van der Waals surface area contributed by atoms with Crippen LogP contribution in [-0.2, 0) is 0 Å². The summed E-state index contributed by atoms with van der Waals surface area (Å²) in [6, 6.07) is 5.96. The lowest BCUT2D eigenvalue weighted by molar-refractivity contribution is -0.0110. The Morgan fingerprint density at radius 2 is 2.14 bits per heavy atom. The Morgan fingerprint density at radius 1 is 1.43 bits per heavy atom. The van der Waals surface area contributed by atoms with Gasteiger partial charge in [0.1, 0.15) is 11.9 Å². The summed E-state index contributed by atoms with van der Waals surface area (Å²) >= 11 is 3.41. The molecule has 76 valence electrons. The number of hydrogen-bond acceptors (Lipinski definition) is 2. The third-order valence-electron chi connectivity index (χ3n) is 2.50. The average Bonchev–Trinajstić information content (AvgIpc) is 2.06. The second kappa shape index (κ2) is 3.91. The van der Waals surface area contributed by atoms with Gasteiger partial charge in [0.25, 0.3) is 0 Å². The van der Waals surface area contributed by atoms with Crippen molar-refractivity contribution in [2.24, 2.45) is 0 Å². The molecule has 0 amide bonds. The fourth-order valence-corrected chi connectivity index (χ4v) is 2.03. The van der Waals surface area contributed by atoms with E-state index in [1.54, 1.807) is 0 Å². The fraction of sp³-hybridized carbons (Fsp3) is 0.455. The van der Waals surface area contributed by atoms with Crippen LogP contribution in [0.1, 0.15) is 18.4 Å². The van der Waals surface area contributed by atoms with Crippen molar-refractivity contribution in [3.05, 3.63) is 28.2 Å². The molecule has 14 heavy (non-hydrogen) atoms. The lowest BCUT2D eigenvalue weighted by Crippen LogP contribution is -2.37. The predicted molar refractivity (Wildman–Crippen MR) is 58.5 cm³/mol. The highest BCUT2D eigenvalue weighted by Gasteiger charge is 2.29. The topological polar surface area (TPSA) is 29.5 Å². The summed E-state index contributed by atoms with van der Waals surface area (Å²) in [5.41, 5.74) is 1.13. The van der Waals surface area contributed by atoms with Gasteiger partial charge in [0.2, 0.25) is 0 Å². The minimum Gasteiger partial charge on any atom is -0.490 e. The Bertz CT molecular complexity index is 332. The summed E-state index contributed by atoms with van der Waals surface area (Å²) in [6.45, 7) is 2.02. The largest absolute Gasteiger partial charge is 0.490 e. The molecule has 1 fully saturated rings. The quantitative estimate of drug-likeness (QED) is 0.882. The van der Waals surface area contributed by atoms with Crippen LogP contribution >= 0.6 is 15.9 Å². The molecule has 1 aromatic carbocycles. The molecule has 0 atom stereocenters. The number of aryl methyl sites for hydroxylation is 1. The Morgan fingerprint density at radius 3 is 2.71 bits per heavy atom. The standard InChI is InChI=1S/C11H13BrO2/c1-7-4-8(12)2-3-11(7)14-10-5-9(13)6-10/h2-4,9-10,13H,5-6H2,1H3. The molecular weight excluding hydrogens is 244 g/mol. The van der Waals surface area contributed by atoms with Crippen LogP contribution < -0.4 is 4.74 Å². The molecule has 0 heterocycles. The van der Waals surface area contributed by atoms with Gasteiger partial charge in [-0.1, -0.05) is 15.9 Å². The summed E-state index contributed by atoms with van der Waals surface area (Å²) in [5.74, 6) is 0.921. The van der Waals surface area contributed by atoms with E-state index in [1.807, 2.05) is 25.1 Å². The van der Waals surface area contributed by atoms with Crippen LogP contribution in [0.5, 0.6) is 5.75 Å². The van der Waals surface area contributed by atoms with Crippen LogP contribution in [-0.4, -0.2) is 17.3 Å². The minimum absolute atomic E-state index is 0.157. The van der Waals surface area contributed by atoms with E-state index in [1.165, 1.54) is 0 Å². The molecule has 1 saturated carbocycles. The maximum Gasteiger partial charge on any atom is 0.122 e. The first-order valence-corrected chi connectivity index (χ1v) is 5.55. The minimum atomic E-state index is -0.157. The molecule has 2 rings (SSSR count). The van der Waals surface area contributed by atoms with Crippen LogP contribution in [0, 0.1) is 6.92 Å². The van der Waals surface area contributed by atoms with Gasteiger partial charge in [-0.05, 0) is 30.7 Å². The normalized spacial score (nSPS) is 25.6. The first-order chi connectivity index (χ1) is 6.65.